The van der Waals surface area contributed by atoms with Crippen molar-refractivity contribution < 1.29 is 18.7 Å². The molecule has 2 heterocycles. The molecule has 196 valence electrons. The maximum Gasteiger partial charge on any atom is 0.341 e. The lowest BCUT2D eigenvalue weighted by Gasteiger charge is -2.14. The first-order valence-electron chi connectivity index (χ1n) is 11.5. The van der Waals surface area contributed by atoms with E-state index in [-0.39, 0.29) is 23.0 Å². The highest BCUT2D eigenvalue weighted by Crippen LogP contribution is 2.36. The summed E-state index contributed by atoms with van der Waals surface area (Å²) in [5, 5.41) is 14.1. The largest absolute Gasteiger partial charge is 0.465 e. The van der Waals surface area contributed by atoms with Gasteiger partial charge in [-0.3, -0.25) is 9.36 Å². The van der Waals surface area contributed by atoms with Gasteiger partial charge in [-0.15, -0.1) is 28.1 Å². The van der Waals surface area contributed by atoms with Gasteiger partial charge in [-0.05, 0) is 29.8 Å². The summed E-state index contributed by atoms with van der Waals surface area (Å²) in [5.41, 5.74) is 3.35. The Hall–Kier alpha value is -3.96. The Morgan fingerprint density at radius 1 is 1.18 bits per heavy atom. The van der Waals surface area contributed by atoms with Crippen molar-refractivity contribution in [3.63, 3.8) is 0 Å². The SMILES string of the molecule is C=CCn1c(SCC(=O)Nc2scc(-c3ccc(F)cc3)c2C(=O)OC)nnc1-c1cccc(N(C)C)c1. The maximum absolute atomic E-state index is 13.4. The Morgan fingerprint density at radius 3 is 2.63 bits per heavy atom. The second-order valence-electron chi connectivity index (χ2n) is 8.34. The number of halogens is 1. The first-order valence-corrected chi connectivity index (χ1v) is 13.4. The lowest BCUT2D eigenvalue weighted by atomic mass is 10.0. The van der Waals surface area contributed by atoms with Gasteiger partial charge in [0.05, 0.1) is 12.9 Å². The number of nitrogens with zero attached hydrogens (tertiary/aromatic N) is 4. The topological polar surface area (TPSA) is 89.3 Å². The number of nitrogens with one attached hydrogen (secondary N) is 1. The second-order valence-corrected chi connectivity index (χ2v) is 10.2. The number of thioether (sulfide) groups is 1. The minimum atomic E-state index is -0.594. The van der Waals surface area contributed by atoms with Gasteiger partial charge in [-0.25, -0.2) is 9.18 Å². The number of ether oxygens (including phenoxy) is 1. The van der Waals surface area contributed by atoms with Crippen LogP contribution in [0.2, 0.25) is 0 Å². The minimum absolute atomic E-state index is 0.0391. The van der Waals surface area contributed by atoms with Crippen LogP contribution in [0.15, 0.2) is 71.7 Å². The van der Waals surface area contributed by atoms with Crippen molar-refractivity contribution in [2.75, 3.05) is 37.2 Å². The van der Waals surface area contributed by atoms with E-state index in [4.69, 9.17) is 4.74 Å². The first-order chi connectivity index (χ1) is 18.3. The number of rotatable bonds is 10. The highest BCUT2D eigenvalue weighted by Gasteiger charge is 2.23. The number of amides is 1. The molecule has 2 aromatic carbocycles. The van der Waals surface area contributed by atoms with Crippen molar-refractivity contribution in [3.05, 3.63) is 77.9 Å². The van der Waals surface area contributed by atoms with Gasteiger partial charge in [0.25, 0.3) is 0 Å². The number of aromatic nitrogens is 3. The highest BCUT2D eigenvalue weighted by molar-refractivity contribution is 7.99. The molecular formula is C27H26FN5O3S2. The summed E-state index contributed by atoms with van der Waals surface area (Å²) in [6.45, 7) is 4.31. The van der Waals surface area contributed by atoms with E-state index in [9.17, 15) is 14.0 Å². The van der Waals surface area contributed by atoms with Crippen molar-refractivity contribution in [2.45, 2.75) is 11.7 Å². The van der Waals surface area contributed by atoms with Crippen molar-refractivity contribution >= 4 is 45.7 Å². The molecule has 0 bridgehead atoms. The van der Waals surface area contributed by atoms with E-state index in [0.717, 1.165) is 11.3 Å². The van der Waals surface area contributed by atoms with Crippen molar-refractivity contribution in [3.8, 4) is 22.5 Å². The standard InChI is InChI=1S/C27H26FN5O3S2/c1-5-13-33-24(18-7-6-8-20(14-18)32(2)3)30-31-27(33)38-16-22(34)29-25-23(26(35)36-4)21(15-37-25)17-9-11-19(28)12-10-17/h5-12,14-15H,1,13,16H2,2-4H3,(H,29,34). The molecule has 0 aliphatic carbocycles. The summed E-state index contributed by atoms with van der Waals surface area (Å²) in [6.07, 6.45) is 1.75. The Morgan fingerprint density at radius 2 is 1.95 bits per heavy atom. The number of methoxy groups -OCH3 is 1. The van der Waals surface area contributed by atoms with Gasteiger partial charge in [0.1, 0.15) is 16.4 Å². The van der Waals surface area contributed by atoms with Crippen LogP contribution in [0.25, 0.3) is 22.5 Å². The average Bonchev–Trinajstić information content (AvgIpc) is 3.52. The monoisotopic (exact) mass is 551 g/mol. The molecular weight excluding hydrogens is 525 g/mol. The van der Waals surface area contributed by atoms with Crippen molar-refractivity contribution in [1.82, 2.24) is 14.8 Å². The van der Waals surface area contributed by atoms with Crippen LogP contribution in [-0.2, 0) is 16.1 Å². The van der Waals surface area contributed by atoms with Crippen LogP contribution in [0.3, 0.4) is 0 Å². The van der Waals surface area contributed by atoms with E-state index in [0.29, 0.717) is 33.7 Å². The summed E-state index contributed by atoms with van der Waals surface area (Å²) in [6, 6.07) is 13.7. The molecule has 0 radical (unpaired) electrons. The molecule has 1 N–H and O–H groups in total. The maximum atomic E-state index is 13.4. The van der Waals surface area contributed by atoms with Gasteiger partial charge < -0.3 is 15.0 Å². The lowest BCUT2D eigenvalue weighted by molar-refractivity contribution is -0.113. The fraction of sp³-hybridized carbons (Fsp3) is 0.185. The van der Waals surface area contributed by atoms with Crippen LogP contribution >= 0.6 is 23.1 Å². The smallest absolute Gasteiger partial charge is 0.341 e. The van der Waals surface area contributed by atoms with Gasteiger partial charge in [-0.1, -0.05) is 42.1 Å². The molecule has 0 saturated heterocycles. The molecule has 0 spiro atoms. The van der Waals surface area contributed by atoms with Gasteiger partial charge in [0, 0.05) is 42.8 Å². The molecule has 8 nitrogen and oxygen atoms in total. The predicted molar refractivity (Wildman–Crippen MR) is 150 cm³/mol. The van der Waals surface area contributed by atoms with Gasteiger partial charge in [0.2, 0.25) is 5.91 Å². The molecule has 0 aliphatic heterocycles. The quantitative estimate of drug-likeness (QED) is 0.156. The van der Waals surface area contributed by atoms with Crippen LogP contribution in [0, 0.1) is 5.82 Å². The molecule has 0 atom stereocenters. The van der Waals surface area contributed by atoms with E-state index < -0.39 is 5.97 Å². The number of thiophene rings is 1. The number of carbonyl (C=O) groups excluding carboxylic acids is 2. The number of hydrogen-bond acceptors (Lipinski definition) is 8. The summed E-state index contributed by atoms with van der Waals surface area (Å²) >= 11 is 2.43. The molecule has 4 rings (SSSR count). The van der Waals surface area contributed by atoms with E-state index in [1.807, 2.05) is 47.8 Å². The molecule has 38 heavy (non-hydrogen) atoms. The molecule has 2 aromatic heterocycles. The summed E-state index contributed by atoms with van der Waals surface area (Å²) in [5.74, 6) is -0.586. The number of esters is 1. The molecule has 0 unspecified atom stereocenters. The molecule has 0 aliphatic rings. The Balaban J connectivity index is 1.53. The third-order valence-electron chi connectivity index (χ3n) is 5.57. The molecule has 4 aromatic rings. The van der Waals surface area contributed by atoms with Gasteiger partial charge >= 0.3 is 5.97 Å². The number of allylic oxidation sites excluding steroid dienone is 1. The Kier molecular flexibility index (Phi) is 8.59. The van der Waals surface area contributed by atoms with Crippen molar-refractivity contribution in [2.24, 2.45) is 0 Å². The number of benzene rings is 2. The van der Waals surface area contributed by atoms with Crippen LogP contribution < -0.4 is 10.2 Å². The Labute approximate surface area is 228 Å². The Bertz CT molecular complexity index is 1460. The van der Waals surface area contributed by atoms with Crippen molar-refractivity contribution in [1.29, 1.82) is 0 Å². The van der Waals surface area contributed by atoms with E-state index in [2.05, 4.69) is 22.1 Å². The van der Waals surface area contributed by atoms with E-state index in [1.165, 1.54) is 42.3 Å². The fourth-order valence-electron chi connectivity index (χ4n) is 3.72. The molecule has 0 saturated carbocycles. The van der Waals surface area contributed by atoms with Crippen LogP contribution in [0.1, 0.15) is 10.4 Å². The zero-order chi connectivity index (χ0) is 27.2. The third kappa shape index (κ3) is 5.95. The normalized spacial score (nSPS) is 10.7. The minimum Gasteiger partial charge on any atom is -0.465 e. The third-order valence-corrected chi connectivity index (χ3v) is 7.43. The fourth-order valence-corrected chi connectivity index (χ4v) is 5.44. The number of carbonyl (C=O) groups is 2. The van der Waals surface area contributed by atoms with Crippen LogP contribution in [-0.4, -0.2) is 53.6 Å². The average molecular weight is 552 g/mol. The van der Waals surface area contributed by atoms with E-state index in [1.54, 1.807) is 23.6 Å². The molecule has 11 heteroatoms. The summed E-state index contributed by atoms with van der Waals surface area (Å²) in [4.78, 5) is 27.5. The van der Waals surface area contributed by atoms with Crippen LogP contribution in [0.5, 0.6) is 0 Å². The van der Waals surface area contributed by atoms with E-state index >= 15 is 0 Å². The first kappa shape index (κ1) is 27.1. The molecule has 0 fully saturated rings. The number of anilines is 2. The zero-order valence-corrected chi connectivity index (χ0v) is 22.7. The number of hydrogen-bond donors (Lipinski definition) is 1. The van der Waals surface area contributed by atoms with Gasteiger partial charge in [-0.2, -0.15) is 0 Å². The van der Waals surface area contributed by atoms with Gasteiger partial charge in [0.15, 0.2) is 11.0 Å². The summed E-state index contributed by atoms with van der Waals surface area (Å²) in [7, 11) is 5.21. The second kappa shape index (κ2) is 12.1. The summed E-state index contributed by atoms with van der Waals surface area (Å²) < 4.78 is 20.2. The lowest BCUT2D eigenvalue weighted by Crippen LogP contribution is -2.16. The highest BCUT2D eigenvalue weighted by atomic mass is 32.2. The van der Waals surface area contributed by atoms with Crippen LogP contribution in [0.4, 0.5) is 15.1 Å². The molecule has 1 amide bonds. The zero-order valence-electron chi connectivity index (χ0n) is 21.1. The predicted octanol–water partition coefficient (Wildman–Crippen LogP) is 5.58.